The molecule has 1 aromatic rings. The van der Waals surface area contributed by atoms with E-state index in [1.165, 1.54) is 5.56 Å². The van der Waals surface area contributed by atoms with Crippen LogP contribution in [0.5, 0.6) is 0 Å². The van der Waals surface area contributed by atoms with Gasteiger partial charge in [-0.25, -0.2) is 0 Å². The zero-order chi connectivity index (χ0) is 7.40. The molecule has 0 amide bonds. The molecule has 0 saturated heterocycles. The fraction of sp³-hybridized carbons (Fsp3) is 0.500. The Morgan fingerprint density at radius 3 is 2.90 bits per heavy atom. The average Bonchev–Trinajstić information content (AvgIpc) is 2.31. The van der Waals surface area contributed by atoms with E-state index < -0.39 is 0 Å². The summed E-state index contributed by atoms with van der Waals surface area (Å²) < 4.78 is 2.06. The van der Waals surface area contributed by atoms with Crippen LogP contribution in [0.2, 0.25) is 0 Å². The molecule has 0 atom stereocenters. The molecule has 56 valence electrons. The number of hydrogen-bond donors (Lipinski definition) is 1. The van der Waals surface area contributed by atoms with Crippen molar-refractivity contribution in [3.05, 3.63) is 24.0 Å². The van der Waals surface area contributed by atoms with Crippen LogP contribution in [-0.4, -0.2) is 11.1 Å². The molecule has 0 saturated carbocycles. The quantitative estimate of drug-likeness (QED) is 0.661. The third-order valence-electron chi connectivity index (χ3n) is 1.56. The molecule has 10 heavy (non-hydrogen) atoms. The second-order valence-electron chi connectivity index (χ2n) is 2.58. The smallest absolute Gasteiger partial charge is 0.0106 e. The van der Waals surface area contributed by atoms with Crippen molar-refractivity contribution in [1.29, 1.82) is 0 Å². The van der Waals surface area contributed by atoms with Crippen LogP contribution in [0.15, 0.2) is 18.5 Å². The summed E-state index contributed by atoms with van der Waals surface area (Å²) in [5.74, 6) is 0. The molecule has 2 heteroatoms. The predicted molar refractivity (Wildman–Crippen MR) is 42.8 cm³/mol. The first-order valence-corrected chi connectivity index (χ1v) is 3.64. The summed E-state index contributed by atoms with van der Waals surface area (Å²) >= 11 is 0. The molecular weight excluding hydrogens is 124 g/mol. The van der Waals surface area contributed by atoms with Crippen molar-refractivity contribution in [1.82, 2.24) is 4.57 Å². The van der Waals surface area contributed by atoms with Gasteiger partial charge in [0.2, 0.25) is 0 Å². The second kappa shape index (κ2) is 3.42. The topological polar surface area (TPSA) is 30.9 Å². The van der Waals surface area contributed by atoms with Crippen LogP contribution in [0.1, 0.15) is 12.0 Å². The van der Waals surface area contributed by atoms with Gasteiger partial charge in [0.05, 0.1) is 0 Å². The lowest BCUT2D eigenvalue weighted by Crippen LogP contribution is -1.99. The van der Waals surface area contributed by atoms with Gasteiger partial charge in [-0.3, -0.25) is 0 Å². The van der Waals surface area contributed by atoms with Gasteiger partial charge in [-0.2, -0.15) is 0 Å². The molecule has 0 spiro atoms. The lowest BCUT2D eigenvalue weighted by Gasteiger charge is -1.92. The van der Waals surface area contributed by atoms with Crippen LogP contribution >= 0.6 is 0 Å². The van der Waals surface area contributed by atoms with Crippen LogP contribution in [0.3, 0.4) is 0 Å². The van der Waals surface area contributed by atoms with E-state index in [1.54, 1.807) is 0 Å². The van der Waals surface area contributed by atoms with Gasteiger partial charge in [0.1, 0.15) is 0 Å². The van der Waals surface area contributed by atoms with Crippen molar-refractivity contribution in [3.8, 4) is 0 Å². The van der Waals surface area contributed by atoms with Gasteiger partial charge < -0.3 is 10.3 Å². The van der Waals surface area contributed by atoms with Crippen LogP contribution in [0.4, 0.5) is 0 Å². The van der Waals surface area contributed by atoms with E-state index in [1.807, 2.05) is 7.05 Å². The Morgan fingerprint density at radius 1 is 1.60 bits per heavy atom. The first-order valence-electron chi connectivity index (χ1n) is 3.64. The van der Waals surface area contributed by atoms with Gasteiger partial charge in [0, 0.05) is 19.4 Å². The van der Waals surface area contributed by atoms with E-state index in [9.17, 15) is 0 Å². The summed E-state index contributed by atoms with van der Waals surface area (Å²) in [6.45, 7) is 0.787. The summed E-state index contributed by atoms with van der Waals surface area (Å²) in [5.41, 5.74) is 6.76. The Kier molecular flexibility index (Phi) is 2.51. The highest BCUT2D eigenvalue weighted by Gasteiger charge is 1.91. The Morgan fingerprint density at radius 2 is 2.40 bits per heavy atom. The molecule has 0 bridgehead atoms. The van der Waals surface area contributed by atoms with Crippen molar-refractivity contribution in [2.24, 2.45) is 12.8 Å². The zero-order valence-corrected chi connectivity index (χ0v) is 6.38. The van der Waals surface area contributed by atoms with Crippen molar-refractivity contribution in [2.45, 2.75) is 12.8 Å². The summed E-state index contributed by atoms with van der Waals surface area (Å²) in [6.07, 6.45) is 6.39. The van der Waals surface area contributed by atoms with Gasteiger partial charge in [-0.05, 0) is 31.0 Å². The van der Waals surface area contributed by atoms with E-state index in [2.05, 4.69) is 23.0 Å². The summed E-state index contributed by atoms with van der Waals surface area (Å²) in [4.78, 5) is 0. The minimum atomic E-state index is 0.787. The van der Waals surface area contributed by atoms with Gasteiger partial charge >= 0.3 is 0 Å². The van der Waals surface area contributed by atoms with Gasteiger partial charge in [0.15, 0.2) is 0 Å². The minimum Gasteiger partial charge on any atom is -0.357 e. The van der Waals surface area contributed by atoms with Crippen LogP contribution in [0, 0.1) is 0 Å². The standard InChI is InChI=1S/C8H14N2/c1-10-6-4-8(7-10)3-2-5-9/h4,6-7H,2-3,5,9H2,1H3. The minimum absolute atomic E-state index is 0.787. The fourth-order valence-corrected chi connectivity index (χ4v) is 1.02. The zero-order valence-electron chi connectivity index (χ0n) is 6.38. The largest absolute Gasteiger partial charge is 0.357 e. The molecule has 1 heterocycles. The van der Waals surface area contributed by atoms with Crippen LogP contribution in [0.25, 0.3) is 0 Å². The molecule has 1 rings (SSSR count). The van der Waals surface area contributed by atoms with Crippen LogP contribution in [-0.2, 0) is 13.5 Å². The van der Waals surface area contributed by atoms with E-state index >= 15 is 0 Å². The molecule has 0 aliphatic carbocycles. The predicted octanol–water partition coefficient (Wildman–Crippen LogP) is 0.916. The Bertz CT molecular complexity index is 191. The normalized spacial score (nSPS) is 10.2. The molecule has 2 nitrogen and oxygen atoms in total. The fourth-order valence-electron chi connectivity index (χ4n) is 1.02. The number of hydrogen-bond acceptors (Lipinski definition) is 1. The molecular formula is C8H14N2. The molecule has 0 radical (unpaired) electrons. The molecule has 0 aliphatic heterocycles. The first kappa shape index (κ1) is 7.35. The lowest BCUT2D eigenvalue weighted by molar-refractivity contribution is 0.826. The maximum Gasteiger partial charge on any atom is 0.0106 e. The lowest BCUT2D eigenvalue weighted by atomic mass is 10.2. The Balaban J connectivity index is 2.42. The highest BCUT2D eigenvalue weighted by atomic mass is 14.9. The third kappa shape index (κ3) is 1.88. The number of aromatic nitrogens is 1. The van der Waals surface area contributed by atoms with Crippen LogP contribution < -0.4 is 5.73 Å². The third-order valence-corrected chi connectivity index (χ3v) is 1.56. The van der Waals surface area contributed by atoms with E-state index in [0.717, 1.165) is 19.4 Å². The average molecular weight is 138 g/mol. The van der Waals surface area contributed by atoms with E-state index in [-0.39, 0.29) is 0 Å². The number of aryl methyl sites for hydroxylation is 2. The highest BCUT2D eigenvalue weighted by molar-refractivity contribution is 5.09. The molecule has 1 aromatic heterocycles. The van der Waals surface area contributed by atoms with Crippen molar-refractivity contribution >= 4 is 0 Å². The molecule has 0 unspecified atom stereocenters. The molecule has 2 N–H and O–H groups in total. The molecule has 0 aliphatic rings. The Labute approximate surface area is 61.7 Å². The number of nitrogens with two attached hydrogens (primary N) is 1. The number of nitrogens with zero attached hydrogens (tertiary/aromatic N) is 1. The van der Waals surface area contributed by atoms with E-state index in [4.69, 9.17) is 5.73 Å². The maximum atomic E-state index is 5.38. The van der Waals surface area contributed by atoms with Gasteiger partial charge in [0.25, 0.3) is 0 Å². The molecule has 0 fully saturated rings. The summed E-state index contributed by atoms with van der Waals surface area (Å²) in [5, 5.41) is 0. The molecule has 0 aromatic carbocycles. The SMILES string of the molecule is Cn1ccc(CCCN)c1. The second-order valence-corrected chi connectivity index (χ2v) is 2.58. The van der Waals surface area contributed by atoms with Gasteiger partial charge in [-0.15, -0.1) is 0 Å². The highest BCUT2D eigenvalue weighted by Crippen LogP contribution is 2.01. The maximum absolute atomic E-state index is 5.38. The van der Waals surface area contributed by atoms with Gasteiger partial charge in [-0.1, -0.05) is 0 Å². The van der Waals surface area contributed by atoms with Crippen molar-refractivity contribution in [3.63, 3.8) is 0 Å². The number of rotatable bonds is 3. The van der Waals surface area contributed by atoms with Crippen molar-refractivity contribution in [2.75, 3.05) is 6.54 Å². The first-order chi connectivity index (χ1) is 4.83. The van der Waals surface area contributed by atoms with E-state index in [0.29, 0.717) is 0 Å². The Hall–Kier alpha value is -0.760. The summed E-state index contributed by atoms with van der Waals surface area (Å²) in [7, 11) is 2.03. The summed E-state index contributed by atoms with van der Waals surface area (Å²) in [6, 6.07) is 2.13. The van der Waals surface area contributed by atoms with Crippen molar-refractivity contribution < 1.29 is 0 Å². The monoisotopic (exact) mass is 138 g/mol.